The molecule has 1 amide bonds. The zero-order chi connectivity index (χ0) is 20.2. The lowest BCUT2D eigenvalue weighted by Gasteiger charge is -2.37. The van der Waals surface area contributed by atoms with Crippen LogP contribution in [0.1, 0.15) is 42.6 Å². The highest BCUT2D eigenvalue weighted by Crippen LogP contribution is 2.44. The summed E-state index contributed by atoms with van der Waals surface area (Å²) in [7, 11) is 0. The fraction of sp³-hybridized carbons (Fsp3) is 0.333. The second-order valence-electron chi connectivity index (χ2n) is 8.62. The van der Waals surface area contributed by atoms with Gasteiger partial charge < -0.3 is 14.4 Å². The van der Waals surface area contributed by atoms with E-state index in [0.29, 0.717) is 18.4 Å². The Balaban J connectivity index is 1.50. The normalized spacial score (nSPS) is 17.5. The van der Waals surface area contributed by atoms with E-state index < -0.39 is 5.60 Å². The highest BCUT2D eigenvalue weighted by molar-refractivity contribution is 6.04. The maximum absolute atomic E-state index is 13.5. The number of oxazole rings is 1. The Morgan fingerprint density at radius 3 is 2.48 bits per heavy atom. The van der Waals surface area contributed by atoms with Crippen LogP contribution < -0.4 is 0 Å². The summed E-state index contributed by atoms with van der Waals surface area (Å²) in [5.41, 5.74) is 3.68. The van der Waals surface area contributed by atoms with E-state index in [9.17, 15) is 9.90 Å². The minimum absolute atomic E-state index is 0.0198. The van der Waals surface area contributed by atoms with Crippen LogP contribution in [-0.2, 0) is 6.54 Å². The predicted molar refractivity (Wildman–Crippen MR) is 110 cm³/mol. The minimum atomic E-state index is -0.920. The fourth-order valence-corrected chi connectivity index (χ4v) is 4.63. The molecule has 0 radical (unpaired) electrons. The summed E-state index contributed by atoms with van der Waals surface area (Å²) in [5, 5.41) is 10.7. The van der Waals surface area contributed by atoms with E-state index in [4.69, 9.17) is 4.42 Å². The average molecular weight is 388 g/mol. The van der Waals surface area contributed by atoms with Crippen LogP contribution in [0.4, 0.5) is 0 Å². The summed E-state index contributed by atoms with van der Waals surface area (Å²) in [5.74, 6) is 0.984. The Hall–Kier alpha value is -2.92. The summed E-state index contributed by atoms with van der Waals surface area (Å²) in [6, 6.07) is 13.8. The van der Waals surface area contributed by atoms with Gasteiger partial charge in [-0.2, -0.15) is 0 Å². The molecule has 5 nitrogen and oxygen atoms in total. The third-order valence-electron chi connectivity index (χ3n) is 5.97. The lowest BCUT2D eigenvalue weighted by molar-refractivity contribution is -0.0224. The van der Waals surface area contributed by atoms with E-state index in [1.807, 2.05) is 61.2 Å². The second kappa shape index (κ2) is 6.56. The summed E-state index contributed by atoms with van der Waals surface area (Å²) >= 11 is 0. The number of carbonyl (C=O) groups is 1. The first-order valence-corrected chi connectivity index (χ1v) is 10.1. The molecule has 1 N–H and O–H groups in total. The highest BCUT2D eigenvalue weighted by Gasteiger charge is 2.48. The third kappa shape index (κ3) is 3.15. The van der Waals surface area contributed by atoms with Gasteiger partial charge in [0.15, 0.2) is 0 Å². The number of benzene rings is 2. The molecule has 2 heterocycles. The molecule has 3 aromatic rings. The topological polar surface area (TPSA) is 66.6 Å². The molecule has 1 aromatic heterocycles. The number of amides is 1. The molecule has 5 rings (SSSR count). The van der Waals surface area contributed by atoms with Gasteiger partial charge in [0, 0.05) is 12.1 Å². The number of rotatable bonds is 5. The molecule has 0 saturated heterocycles. The number of carbonyl (C=O) groups excluding carboxylic acids is 1. The lowest BCUT2D eigenvalue weighted by atomic mass is 9.92. The number of aromatic nitrogens is 1. The monoisotopic (exact) mass is 388 g/mol. The highest BCUT2D eigenvalue weighted by atomic mass is 16.3. The summed E-state index contributed by atoms with van der Waals surface area (Å²) in [6.07, 6.45) is 5.33. The van der Waals surface area contributed by atoms with Crippen molar-refractivity contribution < 1.29 is 14.3 Å². The Morgan fingerprint density at radius 2 is 1.86 bits per heavy atom. The number of nitrogens with zero attached hydrogens (tertiary/aromatic N) is 2. The van der Waals surface area contributed by atoms with Crippen LogP contribution in [0.2, 0.25) is 0 Å². The Bertz CT molecular complexity index is 1040. The number of aliphatic hydroxyl groups is 1. The lowest BCUT2D eigenvalue weighted by Crippen LogP contribution is -2.51. The Labute approximate surface area is 170 Å². The summed E-state index contributed by atoms with van der Waals surface area (Å²) in [6.45, 7) is 4.19. The van der Waals surface area contributed by atoms with Gasteiger partial charge in [0.05, 0.1) is 23.4 Å². The summed E-state index contributed by atoms with van der Waals surface area (Å²) in [4.78, 5) is 19.5. The first-order chi connectivity index (χ1) is 13.9. The number of fused-ring (bicyclic) bond motifs is 1. The van der Waals surface area contributed by atoms with Gasteiger partial charge in [0.2, 0.25) is 5.89 Å². The fourth-order valence-electron chi connectivity index (χ4n) is 4.63. The van der Waals surface area contributed by atoms with Gasteiger partial charge in [-0.1, -0.05) is 30.3 Å². The molecule has 0 bridgehead atoms. The second-order valence-corrected chi connectivity index (χ2v) is 8.62. The molecule has 1 atom stereocenters. The maximum Gasteiger partial charge on any atom is 0.255 e. The van der Waals surface area contributed by atoms with Crippen LogP contribution >= 0.6 is 0 Å². The molecule has 2 aromatic carbocycles. The molecule has 1 fully saturated rings. The van der Waals surface area contributed by atoms with Gasteiger partial charge in [-0.05, 0) is 61.4 Å². The minimum Gasteiger partial charge on any atom is -0.445 e. The smallest absolute Gasteiger partial charge is 0.255 e. The van der Waals surface area contributed by atoms with Crippen LogP contribution in [0.25, 0.3) is 22.6 Å². The zero-order valence-corrected chi connectivity index (χ0v) is 16.6. The van der Waals surface area contributed by atoms with E-state index in [2.05, 4.69) is 4.98 Å². The first kappa shape index (κ1) is 18.1. The molecule has 1 saturated carbocycles. The van der Waals surface area contributed by atoms with Gasteiger partial charge in [0.25, 0.3) is 5.91 Å². The molecular weight excluding hydrogens is 364 g/mol. The maximum atomic E-state index is 13.5. The van der Waals surface area contributed by atoms with Crippen LogP contribution in [0.3, 0.4) is 0 Å². The van der Waals surface area contributed by atoms with Crippen LogP contribution in [0.5, 0.6) is 0 Å². The van der Waals surface area contributed by atoms with Crippen molar-refractivity contribution in [1.29, 1.82) is 0 Å². The largest absolute Gasteiger partial charge is 0.445 e. The van der Waals surface area contributed by atoms with E-state index in [-0.39, 0.29) is 11.9 Å². The summed E-state index contributed by atoms with van der Waals surface area (Å²) < 4.78 is 5.36. The Kier molecular flexibility index (Phi) is 4.10. The standard InChI is InChI=1S/C24H24N2O3/c1-24(2,28)21(16-8-9-16)26-14-18-4-3-5-19(20(18)23(26)27)15-6-10-17(11-7-15)22-25-12-13-29-22/h3-7,10-13,16,21,28H,8-9,14H2,1-2H3. The molecule has 1 unspecified atom stereocenters. The van der Waals surface area contributed by atoms with Crippen molar-refractivity contribution >= 4 is 5.91 Å². The van der Waals surface area contributed by atoms with E-state index in [1.165, 1.54) is 0 Å². The van der Waals surface area contributed by atoms with E-state index >= 15 is 0 Å². The molecule has 5 heteroatoms. The van der Waals surface area contributed by atoms with Gasteiger partial charge in [-0.25, -0.2) is 4.98 Å². The van der Waals surface area contributed by atoms with Crippen molar-refractivity contribution in [2.24, 2.45) is 5.92 Å². The van der Waals surface area contributed by atoms with E-state index in [0.717, 1.165) is 40.7 Å². The van der Waals surface area contributed by atoms with Crippen molar-refractivity contribution in [2.75, 3.05) is 0 Å². The van der Waals surface area contributed by atoms with Gasteiger partial charge >= 0.3 is 0 Å². The first-order valence-electron chi connectivity index (χ1n) is 10.1. The van der Waals surface area contributed by atoms with E-state index in [1.54, 1.807) is 12.5 Å². The third-order valence-corrected chi connectivity index (χ3v) is 5.97. The quantitative estimate of drug-likeness (QED) is 0.698. The molecular formula is C24H24N2O3. The predicted octanol–water partition coefficient (Wildman–Crippen LogP) is 4.51. The van der Waals surface area contributed by atoms with Crippen molar-refractivity contribution in [2.45, 2.75) is 44.9 Å². The van der Waals surface area contributed by atoms with Crippen molar-refractivity contribution in [3.8, 4) is 22.6 Å². The Morgan fingerprint density at radius 1 is 1.14 bits per heavy atom. The van der Waals surface area contributed by atoms with Gasteiger partial charge in [0.1, 0.15) is 6.26 Å². The average Bonchev–Trinajstić information content (AvgIpc) is 3.24. The van der Waals surface area contributed by atoms with Crippen LogP contribution in [-0.4, -0.2) is 32.5 Å². The zero-order valence-electron chi connectivity index (χ0n) is 16.6. The van der Waals surface area contributed by atoms with Crippen LogP contribution in [0, 0.1) is 5.92 Å². The molecule has 0 spiro atoms. The van der Waals surface area contributed by atoms with Crippen molar-refractivity contribution in [1.82, 2.24) is 9.88 Å². The number of hydrogen-bond donors (Lipinski definition) is 1. The van der Waals surface area contributed by atoms with Gasteiger partial charge in [-0.15, -0.1) is 0 Å². The van der Waals surface area contributed by atoms with Gasteiger partial charge in [-0.3, -0.25) is 4.79 Å². The number of hydrogen-bond acceptors (Lipinski definition) is 4. The van der Waals surface area contributed by atoms with Crippen LogP contribution in [0.15, 0.2) is 59.3 Å². The molecule has 29 heavy (non-hydrogen) atoms. The molecule has 1 aliphatic carbocycles. The molecule has 148 valence electrons. The SMILES string of the molecule is CC(C)(O)C(C1CC1)N1Cc2cccc(-c3ccc(-c4ncco4)cc3)c2C1=O. The van der Waals surface area contributed by atoms with Crippen molar-refractivity contribution in [3.05, 3.63) is 66.1 Å². The van der Waals surface area contributed by atoms with Crippen molar-refractivity contribution in [3.63, 3.8) is 0 Å². The molecule has 1 aliphatic heterocycles. The molecule has 2 aliphatic rings.